The van der Waals surface area contributed by atoms with Crippen LogP contribution in [0.2, 0.25) is 0 Å². The number of aromatic nitrogens is 1. The zero-order valence-electron chi connectivity index (χ0n) is 14.3. The van der Waals surface area contributed by atoms with E-state index in [1.165, 1.54) is 37.8 Å². The van der Waals surface area contributed by atoms with Gasteiger partial charge < -0.3 is 10.2 Å². The van der Waals surface area contributed by atoms with Crippen LogP contribution in [0.15, 0.2) is 5.38 Å². The van der Waals surface area contributed by atoms with E-state index >= 15 is 0 Å². The third-order valence-corrected chi connectivity index (χ3v) is 5.89. The summed E-state index contributed by atoms with van der Waals surface area (Å²) in [5.41, 5.74) is 1.17. The van der Waals surface area contributed by atoms with E-state index in [9.17, 15) is 9.59 Å². The van der Waals surface area contributed by atoms with Crippen molar-refractivity contribution in [3.63, 3.8) is 0 Å². The van der Waals surface area contributed by atoms with Crippen molar-refractivity contribution in [3.05, 3.63) is 16.1 Å². The number of carbonyl (C=O) groups excluding carboxylic acids is 2. The van der Waals surface area contributed by atoms with Crippen LogP contribution in [0.5, 0.6) is 0 Å². The third-order valence-electron chi connectivity index (χ3n) is 5.02. The molecule has 2 aliphatic rings. The molecule has 0 radical (unpaired) electrons. The van der Waals surface area contributed by atoms with E-state index in [0.29, 0.717) is 25.3 Å². The molecule has 0 aromatic carbocycles. The van der Waals surface area contributed by atoms with Gasteiger partial charge >= 0.3 is 0 Å². The van der Waals surface area contributed by atoms with Gasteiger partial charge in [0, 0.05) is 37.4 Å². The fourth-order valence-electron chi connectivity index (χ4n) is 3.63. The standard InChI is InChI=1S/C18H27N3O2S/c22-16(19-9-8-18(23)21-10-4-1-5-11-21)12-17-20-15(13-24-17)14-6-2-3-7-14/h13-14H,1-12H2,(H,19,22). The molecule has 1 N–H and O–H groups in total. The Kier molecular flexibility index (Phi) is 6.24. The van der Waals surface area contributed by atoms with E-state index < -0.39 is 0 Å². The van der Waals surface area contributed by atoms with Crippen molar-refractivity contribution in [2.45, 2.75) is 63.7 Å². The van der Waals surface area contributed by atoms with Crippen LogP contribution in [0.25, 0.3) is 0 Å². The molecular weight excluding hydrogens is 322 g/mol. The lowest BCUT2D eigenvalue weighted by Crippen LogP contribution is -2.38. The number of thiazole rings is 1. The fraction of sp³-hybridized carbons (Fsp3) is 0.722. The van der Waals surface area contributed by atoms with Crippen LogP contribution in [-0.2, 0) is 16.0 Å². The monoisotopic (exact) mass is 349 g/mol. The fourth-order valence-corrected chi connectivity index (χ4v) is 4.50. The van der Waals surface area contributed by atoms with Crippen LogP contribution in [0.3, 0.4) is 0 Å². The average Bonchev–Trinajstić information content (AvgIpc) is 3.27. The number of nitrogens with zero attached hydrogens (tertiary/aromatic N) is 2. The third kappa shape index (κ3) is 4.79. The summed E-state index contributed by atoms with van der Waals surface area (Å²) in [7, 11) is 0. The molecule has 1 aromatic heterocycles. The molecule has 132 valence electrons. The first-order valence-corrected chi connectivity index (χ1v) is 10.1. The van der Waals surface area contributed by atoms with Gasteiger partial charge in [-0.05, 0) is 32.1 Å². The SMILES string of the molecule is O=C(Cc1nc(C2CCCC2)cs1)NCCC(=O)N1CCCCC1. The average molecular weight is 350 g/mol. The second kappa shape index (κ2) is 8.60. The minimum absolute atomic E-state index is 0.0335. The maximum Gasteiger partial charge on any atom is 0.226 e. The van der Waals surface area contributed by atoms with Gasteiger partial charge in [-0.1, -0.05) is 12.8 Å². The number of hydrogen-bond donors (Lipinski definition) is 1. The summed E-state index contributed by atoms with van der Waals surface area (Å²) < 4.78 is 0. The van der Waals surface area contributed by atoms with E-state index in [1.54, 1.807) is 11.3 Å². The number of carbonyl (C=O) groups is 2. The molecule has 1 aliphatic heterocycles. The maximum atomic E-state index is 12.1. The molecule has 1 aliphatic carbocycles. The molecule has 2 amide bonds. The molecule has 0 atom stereocenters. The largest absolute Gasteiger partial charge is 0.355 e. The van der Waals surface area contributed by atoms with Crippen LogP contribution in [0.4, 0.5) is 0 Å². The van der Waals surface area contributed by atoms with Crippen molar-refractivity contribution in [3.8, 4) is 0 Å². The summed E-state index contributed by atoms with van der Waals surface area (Å²) in [6.07, 6.45) is 9.20. The molecule has 1 saturated heterocycles. The lowest BCUT2D eigenvalue weighted by atomic mass is 10.1. The second-order valence-corrected chi connectivity index (χ2v) is 7.81. The van der Waals surface area contributed by atoms with Crippen LogP contribution in [0, 0.1) is 0 Å². The van der Waals surface area contributed by atoms with E-state index in [1.807, 2.05) is 4.90 Å². The molecule has 0 unspecified atom stereocenters. The Bertz CT molecular complexity index is 560. The van der Waals surface area contributed by atoms with Crippen LogP contribution < -0.4 is 5.32 Å². The van der Waals surface area contributed by atoms with Crippen molar-refractivity contribution >= 4 is 23.2 Å². The summed E-state index contributed by atoms with van der Waals surface area (Å²) in [5, 5.41) is 5.86. The Morgan fingerprint density at radius 2 is 1.92 bits per heavy atom. The minimum Gasteiger partial charge on any atom is -0.355 e. The van der Waals surface area contributed by atoms with Gasteiger partial charge in [0.05, 0.1) is 12.1 Å². The van der Waals surface area contributed by atoms with Crippen molar-refractivity contribution in [2.75, 3.05) is 19.6 Å². The van der Waals surface area contributed by atoms with Crippen LogP contribution >= 0.6 is 11.3 Å². The zero-order chi connectivity index (χ0) is 16.8. The molecule has 0 spiro atoms. The summed E-state index contributed by atoms with van der Waals surface area (Å²) >= 11 is 1.58. The van der Waals surface area contributed by atoms with E-state index in [2.05, 4.69) is 15.7 Å². The van der Waals surface area contributed by atoms with Crippen molar-refractivity contribution in [2.24, 2.45) is 0 Å². The van der Waals surface area contributed by atoms with Crippen LogP contribution in [-0.4, -0.2) is 41.3 Å². The Morgan fingerprint density at radius 3 is 2.67 bits per heavy atom. The first kappa shape index (κ1) is 17.4. The van der Waals surface area contributed by atoms with Gasteiger partial charge in [-0.15, -0.1) is 11.3 Å². The smallest absolute Gasteiger partial charge is 0.226 e. The maximum absolute atomic E-state index is 12.1. The second-order valence-electron chi connectivity index (χ2n) is 6.87. The molecule has 2 fully saturated rings. The van der Waals surface area contributed by atoms with Gasteiger partial charge in [-0.25, -0.2) is 4.98 Å². The lowest BCUT2D eigenvalue weighted by molar-refractivity contribution is -0.132. The predicted molar refractivity (Wildman–Crippen MR) is 95.1 cm³/mol. The topological polar surface area (TPSA) is 62.3 Å². The highest BCUT2D eigenvalue weighted by molar-refractivity contribution is 7.09. The summed E-state index contributed by atoms with van der Waals surface area (Å²) in [5.74, 6) is 0.724. The number of rotatable bonds is 6. The highest BCUT2D eigenvalue weighted by Gasteiger charge is 2.20. The lowest BCUT2D eigenvalue weighted by Gasteiger charge is -2.26. The van der Waals surface area contributed by atoms with Gasteiger partial charge in [-0.2, -0.15) is 0 Å². The van der Waals surface area contributed by atoms with Gasteiger partial charge in [0.1, 0.15) is 5.01 Å². The minimum atomic E-state index is -0.0335. The van der Waals surface area contributed by atoms with Gasteiger partial charge in [0.15, 0.2) is 0 Å². The van der Waals surface area contributed by atoms with Gasteiger partial charge in [0.25, 0.3) is 0 Å². The molecular formula is C18H27N3O2S. The molecule has 6 heteroatoms. The zero-order valence-corrected chi connectivity index (χ0v) is 15.1. The molecule has 24 heavy (non-hydrogen) atoms. The molecule has 5 nitrogen and oxygen atoms in total. The highest BCUT2D eigenvalue weighted by atomic mass is 32.1. The number of piperidine rings is 1. The van der Waals surface area contributed by atoms with Crippen molar-refractivity contribution < 1.29 is 9.59 Å². The number of hydrogen-bond acceptors (Lipinski definition) is 4. The highest BCUT2D eigenvalue weighted by Crippen LogP contribution is 2.34. The van der Waals surface area contributed by atoms with Crippen molar-refractivity contribution in [1.29, 1.82) is 0 Å². The molecule has 0 bridgehead atoms. The Morgan fingerprint density at radius 1 is 1.17 bits per heavy atom. The number of nitrogens with one attached hydrogen (secondary N) is 1. The number of amides is 2. The normalized spacial score (nSPS) is 18.8. The number of likely N-dealkylation sites (tertiary alicyclic amines) is 1. The first-order chi connectivity index (χ1) is 11.7. The first-order valence-electron chi connectivity index (χ1n) is 9.21. The van der Waals surface area contributed by atoms with Gasteiger partial charge in [-0.3, -0.25) is 9.59 Å². The van der Waals surface area contributed by atoms with Crippen molar-refractivity contribution in [1.82, 2.24) is 15.2 Å². The summed E-state index contributed by atoms with van der Waals surface area (Å²) in [4.78, 5) is 30.6. The summed E-state index contributed by atoms with van der Waals surface area (Å²) in [6.45, 7) is 2.17. The Labute approximate surface area is 147 Å². The van der Waals surface area contributed by atoms with E-state index in [0.717, 1.165) is 30.9 Å². The quantitative estimate of drug-likeness (QED) is 0.859. The predicted octanol–water partition coefficient (Wildman–Crippen LogP) is 2.86. The molecule has 1 aromatic rings. The molecule has 2 heterocycles. The van der Waals surface area contributed by atoms with E-state index in [4.69, 9.17) is 0 Å². The molecule has 1 saturated carbocycles. The molecule has 3 rings (SSSR count). The summed E-state index contributed by atoms with van der Waals surface area (Å²) in [6, 6.07) is 0. The Hall–Kier alpha value is -1.43. The Balaban J connectivity index is 1.37. The van der Waals surface area contributed by atoms with Crippen LogP contribution in [0.1, 0.15) is 68.0 Å². The van der Waals surface area contributed by atoms with Gasteiger partial charge in [0.2, 0.25) is 11.8 Å². The van der Waals surface area contributed by atoms with E-state index in [-0.39, 0.29) is 11.8 Å².